The second-order valence-electron chi connectivity index (χ2n) is 5.48. The maximum atomic E-state index is 11.7. The van der Waals surface area contributed by atoms with Gasteiger partial charge in [-0.05, 0) is 39.8 Å². The fourth-order valence-corrected chi connectivity index (χ4v) is 4.05. The predicted octanol–water partition coefficient (Wildman–Crippen LogP) is 1.27. The normalized spacial score (nSPS) is 26.2. The predicted molar refractivity (Wildman–Crippen MR) is 76.7 cm³/mol. The van der Waals surface area contributed by atoms with Crippen molar-refractivity contribution in [3.05, 3.63) is 0 Å². The lowest BCUT2D eigenvalue weighted by Crippen LogP contribution is -2.58. The molecule has 0 radical (unpaired) electrons. The first-order valence-corrected chi connectivity index (χ1v) is 8.86. The van der Waals surface area contributed by atoms with Crippen LogP contribution in [0, 0.1) is 0 Å². The minimum Gasteiger partial charge on any atom is -0.313 e. The van der Waals surface area contributed by atoms with Crippen LogP contribution in [0.1, 0.15) is 40.5 Å². The maximum absolute atomic E-state index is 11.7. The summed E-state index contributed by atoms with van der Waals surface area (Å²) in [7, 11) is -2.82. The lowest BCUT2D eigenvalue weighted by Gasteiger charge is -2.45. The Kier molecular flexibility index (Phi) is 5.62. The molecule has 0 amide bonds. The number of hydrogen-bond acceptors (Lipinski definition) is 4. The Bertz CT molecular complexity index is 356. The minimum absolute atomic E-state index is 0.0376. The summed E-state index contributed by atoms with van der Waals surface area (Å²) in [5, 5.41) is 3.48. The molecule has 1 aliphatic heterocycles. The summed E-state index contributed by atoms with van der Waals surface area (Å²) in [4.78, 5) is 2.37. The smallest absolute Gasteiger partial charge is 0.151 e. The van der Waals surface area contributed by atoms with Gasteiger partial charge in [0.25, 0.3) is 0 Å². The highest BCUT2D eigenvalue weighted by Crippen LogP contribution is 2.25. The van der Waals surface area contributed by atoms with Crippen molar-refractivity contribution in [3.8, 4) is 0 Å². The highest BCUT2D eigenvalue weighted by Gasteiger charge is 2.36. The van der Waals surface area contributed by atoms with Crippen molar-refractivity contribution in [1.82, 2.24) is 10.2 Å². The SMILES string of the molecule is CCNC(C)C(C)(CC)N1CCCS(=O)(=O)CC1. The highest BCUT2D eigenvalue weighted by atomic mass is 32.2. The zero-order valence-electron chi connectivity index (χ0n) is 12.2. The van der Waals surface area contributed by atoms with Gasteiger partial charge in [-0.25, -0.2) is 8.42 Å². The Morgan fingerprint density at radius 2 is 1.94 bits per heavy atom. The van der Waals surface area contributed by atoms with Gasteiger partial charge in [0, 0.05) is 18.1 Å². The van der Waals surface area contributed by atoms with Gasteiger partial charge in [-0.3, -0.25) is 4.90 Å². The van der Waals surface area contributed by atoms with Crippen molar-refractivity contribution < 1.29 is 8.42 Å². The molecule has 5 heteroatoms. The van der Waals surface area contributed by atoms with Gasteiger partial charge in [0.15, 0.2) is 9.84 Å². The second kappa shape index (κ2) is 6.35. The van der Waals surface area contributed by atoms with Crippen molar-refractivity contribution >= 4 is 9.84 Å². The average molecular weight is 276 g/mol. The van der Waals surface area contributed by atoms with E-state index in [2.05, 4.69) is 37.9 Å². The van der Waals surface area contributed by atoms with E-state index in [1.54, 1.807) is 0 Å². The molecule has 1 fully saturated rings. The second-order valence-corrected chi connectivity index (χ2v) is 7.79. The third-order valence-corrected chi connectivity index (χ3v) is 6.15. The maximum Gasteiger partial charge on any atom is 0.151 e. The van der Waals surface area contributed by atoms with Crippen LogP contribution >= 0.6 is 0 Å². The summed E-state index contributed by atoms with van der Waals surface area (Å²) in [5.41, 5.74) is 0.0376. The Hall–Kier alpha value is -0.130. The van der Waals surface area contributed by atoms with Gasteiger partial charge in [0.05, 0.1) is 11.5 Å². The molecule has 1 N–H and O–H groups in total. The van der Waals surface area contributed by atoms with Crippen LogP contribution in [-0.4, -0.2) is 56.0 Å². The van der Waals surface area contributed by atoms with E-state index >= 15 is 0 Å². The Morgan fingerprint density at radius 3 is 2.50 bits per heavy atom. The van der Waals surface area contributed by atoms with Crippen molar-refractivity contribution in [1.29, 1.82) is 0 Å². The van der Waals surface area contributed by atoms with Crippen molar-refractivity contribution in [3.63, 3.8) is 0 Å². The molecule has 0 bridgehead atoms. The molecule has 0 spiro atoms. The third kappa shape index (κ3) is 3.68. The Labute approximate surface area is 112 Å². The molecule has 18 heavy (non-hydrogen) atoms. The number of nitrogens with one attached hydrogen (secondary N) is 1. The van der Waals surface area contributed by atoms with Crippen LogP contribution in [0.25, 0.3) is 0 Å². The molecule has 1 rings (SSSR count). The van der Waals surface area contributed by atoms with E-state index in [1.807, 2.05) is 0 Å². The fraction of sp³-hybridized carbons (Fsp3) is 1.00. The Morgan fingerprint density at radius 1 is 1.28 bits per heavy atom. The third-order valence-electron chi connectivity index (χ3n) is 4.44. The highest BCUT2D eigenvalue weighted by molar-refractivity contribution is 7.91. The number of rotatable bonds is 5. The van der Waals surface area contributed by atoms with E-state index in [0.29, 0.717) is 24.1 Å². The molecule has 1 saturated heterocycles. The molecule has 4 nitrogen and oxygen atoms in total. The summed E-state index contributed by atoms with van der Waals surface area (Å²) >= 11 is 0. The summed E-state index contributed by atoms with van der Waals surface area (Å²) < 4.78 is 23.4. The molecule has 108 valence electrons. The topological polar surface area (TPSA) is 49.4 Å². The molecule has 0 aromatic carbocycles. The lowest BCUT2D eigenvalue weighted by molar-refractivity contribution is 0.0744. The van der Waals surface area contributed by atoms with Crippen LogP contribution < -0.4 is 5.32 Å². The van der Waals surface area contributed by atoms with Crippen molar-refractivity contribution in [2.24, 2.45) is 0 Å². The lowest BCUT2D eigenvalue weighted by atomic mass is 9.88. The minimum atomic E-state index is -2.82. The zero-order valence-corrected chi connectivity index (χ0v) is 13.0. The number of sulfone groups is 1. The van der Waals surface area contributed by atoms with E-state index in [-0.39, 0.29) is 5.54 Å². The van der Waals surface area contributed by atoms with Gasteiger partial charge in [0.2, 0.25) is 0 Å². The molecule has 1 aliphatic rings. The molecular formula is C13H28N2O2S. The number of likely N-dealkylation sites (N-methyl/N-ethyl adjacent to an activating group) is 1. The first-order valence-electron chi connectivity index (χ1n) is 7.04. The van der Waals surface area contributed by atoms with Gasteiger partial charge in [-0.1, -0.05) is 13.8 Å². The van der Waals surface area contributed by atoms with Crippen LogP contribution in [0.2, 0.25) is 0 Å². The van der Waals surface area contributed by atoms with Gasteiger partial charge < -0.3 is 5.32 Å². The molecular weight excluding hydrogens is 248 g/mol. The monoisotopic (exact) mass is 276 g/mol. The van der Waals surface area contributed by atoms with Crippen LogP contribution in [0.15, 0.2) is 0 Å². The van der Waals surface area contributed by atoms with Crippen LogP contribution in [0.5, 0.6) is 0 Å². The van der Waals surface area contributed by atoms with Crippen molar-refractivity contribution in [2.45, 2.75) is 52.1 Å². The van der Waals surface area contributed by atoms with Gasteiger partial charge in [-0.15, -0.1) is 0 Å². The molecule has 2 unspecified atom stereocenters. The summed E-state index contributed by atoms with van der Waals surface area (Å²) in [5.74, 6) is 0.653. The van der Waals surface area contributed by atoms with E-state index in [4.69, 9.17) is 0 Å². The van der Waals surface area contributed by atoms with E-state index < -0.39 is 9.84 Å². The molecule has 0 aliphatic carbocycles. The summed E-state index contributed by atoms with van der Waals surface area (Å²) in [6.07, 6.45) is 1.79. The Balaban J connectivity index is 2.81. The largest absolute Gasteiger partial charge is 0.313 e. The first-order chi connectivity index (χ1) is 8.35. The standard InChI is InChI=1S/C13H28N2O2S/c1-5-13(4,12(3)14-6-2)15-8-7-10-18(16,17)11-9-15/h12,14H,5-11H2,1-4H3. The fourth-order valence-electron chi connectivity index (χ4n) is 2.78. The van der Waals surface area contributed by atoms with E-state index in [1.165, 1.54) is 0 Å². The van der Waals surface area contributed by atoms with Crippen LogP contribution in [0.3, 0.4) is 0 Å². The van der Waals surface area contributed by atoms with Crippen molar-refractivity contribution in [2.75, 3.05) is 31.1 Å². The van der Waals surface area contributed by atoms with Gasteiger partial charge in [-0.2, -0.15) is 0 Å². The van der Waals surface area contributed by atoms with Crippen LogP contribution in [-0.2, 0) is 9.84 Å². The summed E-state index contributed by atoms with van der Waals surface area (Å²) in [6.45, 7) is 11.3. The molecule has 0 aromatic heterocycles. The molecule has 1 heterocycles. The zero-order chi connectivity index (χ0) is 13.8. The van der Waals surface area contributed by atoms with Gasteiger partial charge in [0.1, 0.15) is 0 Å². The quantitative estimate of drug-likeness (QED) is 0.822. The number of nitrogens with zero attached hydrogens (tertiary/aromatic N) is 1. The average Bonchev–Trinajstić information content (AvgIpc) is 2.49. The molecule has 0 saturated carbocycles. The molecule has 0 aromatic rings. The first kappa shape index (κ1) is 15.9. The number of hydrogen-bond donors (Lipinski definition) is 1. The van der Waals surface area contributed by atoms with E-state index in [9.17, 15) is 8.42 Å². The summed E-state index contributed by atoms with van der Waals surface area (Å²) in [6, 6.07) is 0.369. The van der Waals surface area contributed by atoms with Gasteiger partial charge >= 0.3 is 0 Å². The molecule has 2 atom stereocenters. The van der Waals surface area contributed by atoms with Crippen LogP contribution in [0.4, 0.5) is 0 Å². The van der Waals surface area contributed by atoms with E-state index in [0.717, 1.165) is 25.9 Å².